The van der Waals surface area contributed by atoms with Gasteiger partial charge in [-0.2, -0.15) is 0 Å². The molecule has 0 saturated carbocycles. The molecule has 4 rings (SSSR count). The van der Waals surface area contributed by atoms with Gasteiger partial charge in [-0.05, 0) is 17.7 Å². The van der Waals surface area contributed by atoms with Gasteiger partial charge in [0.15, 0.2) is 6.73 Å². The van der Waals surface area contributed by atoms with Crippen molar-refractivity contribution in [2.45, 2.75) is 6.54 Å². The van der Waals surface area contributed by atoms with E-state index in [1.54, 1.807) is 0 Å². The number of hydrogen-bond donors (Lipinski definition) is 0. The third kappa shape index (κ3) is 2.33. The lowest BCUT2D eigenvalue weighted by Crippen LogP contribution is -2.32. The van der Waals surface area contributed by atoms with Crippen molar-refractivity contribution >= 4 is 5.69 Å². The van der Waals surface area contributed by atoms with Crippen molar-refractivity contribution in [3.05, 3.63) is 84.4 Å². The Morgan fingerprint density at radius 1 is 0.727 bits per heavy atom. The van der Waals surface area contributed by atoms with Gasteiger partial charge in [0.1, 0.15) is 5.75 Å². The van der Waals surface area contributed by atoms with Crippen LogP contribution in [0.3, 0.4) is 0 Å². The molecule has 0 bridgehead atoms. The molecule has 0 atom stereocenters. The Hall–Kier alpha value is -2.74. The second kappa shape index (κ2) is 5.57. The van der Waals surface area contributed by atoms with Gasteiger partial charge in [-0.15, -0.1) is 0 Å². The minimum atomic E-state index is 0.584. The quantitative estimate of drug-likeness (QED) is 0.677. The van der Waals surface area contributed by atoms with Crippen LogP contribution < -0.4 is 9.64 Å². The number of rotatable bonds is 2. The van der Waals surface area contributed by atoms with E-state index >= 15 is 0 Å². The number of hydrogen-bond acceptors (Lipinski definition) is 2. The molecular weight excluding hydrogens is 270 g/mol. The molecule has 0 unspecified atom stereocenters. The third-order valence-corrected chi connectivity index (χ3v) is 4.03. The van der Waals surface area contributed by atoms with E-state index in [1.165, 1.54) is 22.4 Å². The molecule has 1 aliphatic heterocycles. The first-order valence-corrected chi connectivity index (χ1v) is 7.52. The minimum Gasteiger partial charge on any atom is -0.472 e. The molecule has 108 valence electrons. The van der Waals surface area contributed by atoms with Crippen molar-refractivity contribution in [1.29, 1.82) is 0 Å². The van der Waals surface area contributed by atoms with Crippen LogP contribution in [0.2, 0.25) is 0 Å². The zero-order chi connectivity index (χ0) is 14.8. The Labute approximate surface area is 130 Å². The van der Waals surface area contributed by atoms with Crippen molar-refractivity contribution in [3.8, 4) is 16.9 Å². The average molecular weight is 287 g/mol. The highest BCUT2D eigenvalue weighted by atomic mass is 16.5. The number of para-hydroxylation sites is 2. The molecule has 0 amide bonds. The van der Waals surface area contributed by atoms with Crippen molar-refractivity contribution in [2.75, 3.05) is 11.6 Å². The minimum absolute atomic E-state index is 0.584. The van der Waals surface area contributed by atoms with Gasteiger partial charge in [0, 0.05) is 23.4 Å². The fraction of sp³-hybridized carbons (Fsp3) is 0.100. The number of anilines is 1. The first-order chi connectivity index (χ1) is 10.9. The lowest BCUT2D eigenvalue weighted by atomic mass is 10.0. The summed E-state index contributed by atoms with van der Waals surface area (Å²) in [6.45, 7) is 1.46. The zero-order valence-electron chi connectivity index (χ0n) is 12.3. The Morgan fingerprint density at radius 2 is 1.45 bits per heavy atom. The highest BCUT2D eigenvalue weighted by molar-refractivity contribution is 5.73. The van der Waals surface area contributed by atoms with Gasteiger partial charge in [-0.25, -0.2) is 0 Å². The Kier molecular flexibility index (Phi) is 3.28. The summed E-state index contributed by atoms with van der Waals surface area (Å²) in [6.07, 6.45) is 0. The first kappa shape index (κ1) is 13.0. The van der Waals surface area contributed by atoms with Crippen molar-refractivity contribution in [3.63, 3.8) is 0 Å². The average Bonchev–Trinajstić information content (AvgIpc) is 2.62. The molecule has 0 aromatic heterocycles. The van der Waals surface area contributed by atoms with Crippen LogP contribution in [0.25, 0.3) is 11.1 Å². The largest absolute Gasteiger partial charge is 0.472 e. The molecule has 1 heterocycles. The Balaban J connectivity index is 1.70. The number of fused-ring (bicyclic) bond motifs is 1. The smallest absolute Gasteiger partial charge is 0.161 e. The molecular formula is C20H17NO. The molecule has 0 saturated heterocycles. The summed E-state index contributed by atoms with van der Waals surface area (Å²) in [4.78, 5) is 2.25. The van der Waals surface area contributed by atoms with Gasteiger partial charge >= 0.3 is 0 Å². The maximum atomic E-state index is 6.10. The molecule has 3 aromatic carbocycles. The van der Waals surface area contributed by atoms with E-state index in [0.29, 0.717) is 6.73 Å². The van der Waals surface area contributed by atoms with E-state index in [0.717, 1.165) is 12.3 Å². The number of ether oxygens (including phenoxy) is 1. The summed E-state index contributed by atoms with van der Waals surface area (Å²) < 4.78 is 6.10. The summed E-state index contributed by atoms with van der Waals surface area (Å²) in [5.74, 6) is 1.01. The van der Waals surface area contributed by atoms with Crippen LogP contribution in [-0.4, -0.2) is 6.73 Å². The SMILES string of the molecule is c1ccc(-c2cccc3c2OCN(c2ccccc2)C3)cc1. The van der Waals surface area contributed by atoms with Gasteiger partial charge in [0.25, 0.3) is 0 Å². The van der Waals surface area contributed by atoms with E-state index < -0.39 is 0 Å². The second-order valence-electron chi connectivity index (χ2n) is 5.47. The van der Waals surface area contributed by atoms with Crippen molar-refractivity contribution in [1.82, 2.24) is 0 Å². The molecule has 0 N–H and O–H groups in total. The standard InChI is InChI=1S/C20H17NO/c1-3-8-16(9-4-1)19-13-7-10-17-14-21(15-22-20(17)19)18-11-5-2-6-12-18/h1-13H,14-15H2. The highest BCUT2D eigenvalue weighted by Gasteiger charge is 2.20. The monoisotopic (exact) mass is 287 g/mol. The number of nitrogens with zero attached hydrogens (tertiary/aromatic N) is 1. The molecule has 2 nitrogen and oxygen atoms in total. The summed E-state index contributed by atoms with van der Waals surface area (Å²) >= 11 is 0. The van der Waals surface area contributed by atoms with Crippen molar-refractivity contribution in [2.24, 2.45) is 0 Å². The van der Waals surface area contributed by atoms with Crippen LogP contribution in [0.1, 0.15) is 5.56 Å². The third-order valence-electron chi connectivity index (χ3n) is 4.03. The summed E-state index contributed by atoms with van der Waals surface area (Å²) in [5.41, 5.74) is 4.80. The van der Waals surface area contributed by atoms with Crippen LogP contribution in [0.4, 0.5) is 5.69 Å². The summed E-state index contributed by atoms with van der Waals surface area (Å²) in [5, 5.41) is 0. The predicted molar refractivity (Wildman–Crippen MR) is 90.0 cm³/mol. The molecule has 22 heavy (non-hydrogen) atoms. The van der Waals surface area contributed by atoms with E-state index in [-0.39, 0.29) is 0 Å². The van der Waals surface area contributed by atoms with E-state index in [2.05, 4.69) is 71.6 Å². The van der Waals surface area contributed by atoms with Crippen LogP contribution in [-0.2, 0) is 6.54 Å². The molecule has 2 heteroatoms. The van der Waals surface area contributed by atoms with E-state index in [9.17, 15) is 0 Å². The molecule has 0 radical (unpaired) electrons. The van der Waals surface area contributed by atoms with Crippen LogP contribution in [0.5, 0.6) is 5.75 Å². The lowest BCUT2D eigenvalue weighted by molar-refractivity contribution is 0.290. The fourth-order valence-corrected chi connectivity index (χ4v) is 2.92. The predicted octanol–water partition coefficient (Wildman–Crippen LogP) is 4.71. The lowest BCUT2D eigenvalue weighted by Gasteiger charge is -2.32. The van der Waals surface area contributed by atoms with E-state index in [1.807, 2.05) is 12.1 Å². The van der Waals surface area contributed by atoms with Gasteiger partial charge in [0.2, 0.25) is 0 Å². The summed E-state index contributed by atoms with van der Waals surface area (Å²) in [7, 11) is 0. The topological polar surface area (TPSA) is 12.5 Å². The van der Waals surface area contributed by atoms with Gasteiger partial charge in [-0.3, -0.25) is 0 Å². The normalized spacial score (nSPS) is 13.4. The Bertz CT molecular complexity index is 768. The Morgan fingerprint density at radius 3 is 2.23 bits per heavy atom. The highest BCUT2D eigenvalue weighted by Crippen LogP contribution is 2.37. The van der Waals surface area contributed by atoms with Crippen LogP contribution in [0.15, 0.2) is 78.9 Å². The summed E-state index contributed by atoms with van der Waals surface area (Å²) in [6, 6.07) is 27.2. The molecule has 0 aliphatic carbocycles. The molecule has 0 fully saturated rings. The maximum Gasteiger partial charge on any atom is 0.161 e. The second-order valence-corrected chi connectivity index (χ2v) is 5.47. The van der Waals surface area contributed by atoms with Gasteiger partial charge in [0.05, 0.1) is 0 Å². The van der Waals surface area contributed by atoms with Crippen molar-refractivity contribution < 1.29 is 4.74 Å². The number of benzene rings is 3. The zero-order valence-corrected chi connectivity index (χ0v) is 12.3. The van der Waals surface area contributed by atoms with Gasteiger partial charge < -0.3 is 9.64 Å². The fourth-order valence-electron chi connectivity index (χ4n) is 2.92. The van der Waals surface area contributed by atoms with E-state index in [4.69, 9.17) is 4.74 Å². The molecule has 0 spiro atoms. The van der Waals surface area contributed by atoms with Crippen LogP contribution >= 0.6 is 0 Å². The molecule has 3 aromatic rings. The maximum absolute atomic E-state index is 6.10. The first-order valence-electron chi connectivity index (χ1n) is 7.52. The van der Waals surface area contributed by atoms with Gasteiger partial charge in [-0.1, -0.05) is 66.7 Å². The van der Waals surface area contributed by atoms with Crippen LogP contribution in [0, 0.1) is 0 Å². The molecule has 1 aliphatic rings.